The predicted molar refractivity (Wildman–Crippen MR) is 89.0 cm³/mol. The summed E-state index contributed by atoms with van der Waals surface area (Å²) in [6.45, 7) is 2.29. The van der Waals surface area contributed by atoms with Crippen LogP contribution < -0.4 is 14.8 Å². The summed E-state index contributed by atoms with van der Waals surface area (Å²) in [6, 6.07) is 7.38. The SMILES string of the molecule is COc1cc(CO)cc(OC)c1.c1cc(C2CCNCC2)co1. The Labute approximate surface area is 137 Å². The summed E-state index contributed by atoms with van der Waals surface area (Å²) in [5.74, 6) is 2.12. The summed E-state index contributed by atoms with van der Waals surface area (Å²) in [4.78, 5) is 0. The van der Waals surface area contributed by atoms with Gasteiger partial charge in [0.15, 0.2) is 0 Å². The summed E-state index contributed by atoms with van der Waals surface area (Å²) in [7, 11) is 3.16. The Morgan fingerprint density at radius 1 is 1.13 bits per heavy atom. The Hall–Kier alpha value is -1.98. The van der Waals surface area contributed by atoms with Crippen LogP contribution in [0.1, 0.15) is 29.9 Å². The zero-order valence-corrected chi connectivity index (χ0v) is 13.7. The lowest BCUT2D eigenvalue weighted by Crippen LogP contribution is -2.26. The van der Waals surface area contributed by atoms with E-state index in [1.165, 1.54) is 18.4 Å². The lowest BCUT2D eigenvalue weighted by molar-refractivity contribution is 0.280. The van der Waals surface area contributed by atoms with Crippen LogP contribution in [-0.4, -0.2) is 32.4 Å². The fraction of sp³-hybridized carbons (Fsp3) is 0.444. The van der Waals surface area contributed by atoms with Crippen LogP contribution in [0.5, 0.6) is 11.5 Å². The second-order valence-corrected chi connectivity index (χ2v) is 5.46. The van der Waals surface area contributed by atoms with Crippen molar-refractivity contribution in [3.63, 3.8) is 0 Å². The summed E-state index contributed by atoms with van der Waals surface area (Å²) < 4.78 is 15.1. The molecule has 126 valence electrons. The number of benzene rings is 1. The lowest BCUT2D eigenvalue weighted by atomic mass is 9.92. The Balaban J connectivity index is 0.000000167. The third-order valence-electron chi connectivity index (χ3n) is 3.95. The molecule has 1 saturated heterocycles. The van der Waals surface area contributed by atoms with E-state index in [0.29, 0.717) is 11.5 Å². The zero-order chi connectivity index (χ0) is 16.5. The van der Waals surface area contributed by atoms with Gasteiger partial charge in [-0.25, -0.2) is 0 Å². The minimum Gasteiger partial charge on any atom is -0.497 e. The molecule has 1 aromatic carbocycles. The van der Waals surface area contributed by atoms with Crippen molar-refractivity contribution in [2.24, 2.45) is 0 Å². The molecule has 0 bridgehead atoms. The average Bonchev–Trinajstić information content (AvgIpc) is 3.17. The van der Waals surface area contributed by atoms with Gasteiger partial charge in [-0.3, -0.25) is 0 Å². The quantitative estimate of drug-likeness (QED) is 0.907. The Morgan fingerprint density at radius 3 is 2.26 bits per heavy atom. The number of nitrogens with one attached hydrogen (secondary N) is 1. The largest absolute Gasteiger partial charge is 0.497 e. The number of aliphatic hydroxyl groups is 1. The second kappa shape index (κ2) is 9.22. The fourth-order valence-electron chi connectivity index (χ4n) is 2.62. The van der Waals surface area contributed by atoms with Gasteiger partial charge in [-0.15, -0.1) is 0 Å². The molecule has 1 aliphatic rings. The molecule has 0 saturated carbocycles. The third kappa shape index (κ3) is 5.30. The maximum atomic E-state index is 8.87. The summed E-state index contributed by atoms with van der Waals surface area (Å²) >= 11 is 0. The molecular formula is C18H25NO4. The molecule has 0 spiro atoms. The van der Waals surface area contributed by atoms with Crippen LogP contribution in [0, 0.1) is 0 Å². The van der Waals surface area contributed by atoms with Gasteiger partial charge >= 0.3 is 0 Å². The topological polar surface area (TPSA) is 63.9 Å². The predicted octanol–water partition coefficient (Wildman–Crippen LogP) is 2.94. The molecule has 0 aliphatic carbocycles. The average molecular weight is 319 g/mol. The molecule has 0 unspecified atom stereocenters. The van der Waals surface area contributed by atoms with Crippen LogP contribution in [-0.2, 0) is 6.61 Å². The highest BCUT2D eigenvalue weighted by molar-refractivity contribution is 5.38. The van der Waals surface area contributed by atoms with Crippen molar-refractivity contribution in [3.05, 3.63) is 47.9 Å². The van der Waals surface area contributed by atoms with E-state index in [1.54, 1.807) is 38.7 Å². The summed E-state index contributed by atoms with van der Waals surface area (Å²) in [6.07, 6.45) is 6.13. The van der Waals surface area contributed by atoms with Crippen molar-refractivity contribution < 1.29 is 19.0 Å². The van der Waals surface area contributed by atoms with Gasteiger partial charge in [-0.05, 0) is 61.2 Å². The smallest absolute Gasteiger partial charge is 0.122 e. The second-order valence-electron chi connectivity index (χ2n) is 5.46. The Bertz CT molecular complexity index is 507. The van der Waals surface area contributed by atoms with E-state index >= 15 is 0 Å². The molecule has 5 nitrogen and oxygen atoms in total. The van der Waals surface area contributed by atoms with E-state index in [9.17, 15) is 0 Å². The van der Waals surface area contributed by atoms with Gasteiger partial charge in [0.05, 0.1) is 33.4 Å². The van der Waals surface area contributed by atoms with Crippen molar-refractivity contribution in [3.8, 4) is 11.5 Å². The number of rotatable bonds is 4. The summed E-state index contributed by atoms with van der Waals surface area (Å²) in [5, 5.41) is 12.2. The van der Waals surface area contributed by atoms with Crippen LogP contribution in [0.3, 0.4) is 0 Å². The first-order valence-corrected chi connectivity index (χ1v) is 7.82. The molecule has 5 heteroatoms. The van der Waals surface area contributed by atoms with Crippen LogP contribution >= 0.6 is 0 Å². The molecule has 2 N–H and O–H groups in total. The van der Waals surface area contributed by atoms with E-state index in [4.69, 9.17) is 19.0 Å². The first-order chi connectivity index (χ1) is 11.3. The van der Waals surface area contributed by atoms with Crippen molar-refractivity contribution in [1.82, 2.24) is 5.32 Å². The lowest BCUT2D eigenvalue weighted by Gasteiger charge is -2.20. The van der Waals surface area contributed by atoms with Gasteiger partial charge < -0.3 is 24.3 Å². The number of aliphatic hydroxyl groups excluding tert-OH is 1. The Kier molecular flexibility index (Phi) is 6.97. The van der Waals surface area contributed by atoms with Gasteiger partial charge in [0.25, 0.3) is 0 Å². The molecule has 3 rings (SSSR count). The maximum absolute atomic E-state index is 8.87. The van der Waals surface area contributed by atoms with Crippen molar-refractivity contribution in [2.45, 2.75) is 25.4 Å². The Morgan fingerprint density at radius 2 is 1.78 bits per heavy atom. The first-order valence-electron chi connectivity index (χ1n) is 7.82. The molecule has 23 heavy (non-hydrogen) atoms. The first kappa shape index (κ1) is 17.4. The molecule has 0 radical (unpaired) electrons. The van der Waals surface area contributed by atoms with E-state index in [2.05, 4.69) is 11.4 Å². The standard InChI is InChI=1S/C9H13NO.C9H12O3/c1-4-10-5-2-8(1)9-3-6-11-7-9;1-11-8-3-7(6-10)4-9(5-8)12-2/h3,6-8,10H,1-2,4-5H2;3-5,10H,6H2,1-2H3. The van der Waals surface area contributed by atoms with E-state index in [-0.39, 0.29) is 6.61 Å². The zero-order valence-electron chi connectivity index (χ0n) is 13.7. The van der Waals surface area contributed by atoms with E-state index in [0.717, 1.165) is 24.6 Å². The monoisotopic (exact) mass is 319 g/mol. The molecule has 1 fully saturated rings. The number of hydrogen-bond donors (Lipinski definition) is 2. The fourth-order valence-corrected chi connectivity index (χ4v) is 2.62. The molecular weight excluding hydrogens is 294 g/mol. The van der Waals surface area contributed by atoms with E-state index in [1.807, 2.05) is 6.26 Å². The minimum absolute atomic E-state index is 0.00639. The van der Waals surface area contributed by atoms with Gasteiger partial charge in [-0.1, -0.05) is 0 Å². The highest BCUT2D eigenvalue weighted by atomic mass is 16.5. The highest BCUT2D eigenvalue weighted by Gasteiger charge is 2.15. The van der Waals surface area contributed by atoms with Crippen molar-refractivity contribution in [2.75, 3.05) is 27.3 Å². The normalized spacial score (nSPS) is 14.7. The molecule has 1 aliphatic heterocycles. The van der Waals surface area contributed by atoms with Crippen LogP contribution in [0.15, 0.2) is 41.2 Å². The molecule has 0 amide bonds. The molecule has 2 aromatic rings. The third-order valence-corrected chi connectivity index (χ3v) is 3.95. The number of piperidine rings is 1. The van der Waals surface area contributed by atoms with Gasteiger partial charge in [0, 0.05) is 6.07 Å². The maximum Gasteiger partial charge on any atom is 0.122 e. The molecule has 2 heterocycles. The molecule has 0 atom stereocenters. The van der Waals surface area contributed by atoms with Crippen molar-refractivity contribution >= 4 is 0 Å². The molecule has 1 aromatic heterocycles. The van der Waals surface area contributed by atoms with Crippen LogP contribution in [0.25, 0.3) is 0 Å². The highest BCUT2D eigenvalue weighted by Crippen LogP contribution is 2.25. The van der Waals surface area contributed by atoms with Crippen molar-refractivity contribution in [1.29, 1.82) is 0 Å². The minimum atomic E-state index is -0.00639. The van der Waals surface area contributed by atoms with E-state index < -0.39 is 0 Å². The van der Waals surface area contributed by atoms with Gasteiger partial charge in [-0.2, -0.15) is 0 Å². The van der Waals surface area contributed by atoms with Crippen LogP contribution in [0.4, 0.5) is 0 Å². The number of methoxy groups -OCH3 is 2. The summed E-state index contributed by atoms with van der Waals surface area (Å²) in [5.41, 5.74) is 2.15. The number of furan rings is 1. The number of hydrogen-bond acceptors (Lipinski definition) is 5. The number of ether oxygens (including phenoxy) is 2. The van der Waals surface area contributed by atoms with Crippen LogP contribution in [0.2, 0.25) is 0 Å². The van der Waals surface area contributed by atoms with Gasteiger partial charge in [0.2, 0.25) is 0 Å². The van der Waals surface area contributed by atoms with Gasteiger partial charge in [0.1, 0.15) is 11.5 Å².